The lowest BCUT2D eigenvalue weighted by Gasteiger charge is -2.00. The zero-order valence-corrected chi connectivity index (χ0v) is 16.7. The van der Waals surface area contributed by atoms with E-state index in [1.807, 2.05) is 27.7 Å². The average Bonchev–Trinajstić information content (AvgIpc) is 2.46. The van der Waals surface area contributed by atoms with Gasteiger partial charge in [-0.25, -0.2) is 0 Å². The molecule has 0 aliphatic heterocycles. The molecule has 0 aromatic rings. The fourth-order valence-corrected chi connectivity index (χ4v) is 0.311. The molecular formula is C17H42N2O3. The van der Waals surface area contributed by atoms with Gasteiger partial charge in [-0.15, -0.1) is 0 Å². The Labute approximate surface area is 139 Å². The fraction of sp³-hybridized carbons (Fsp3) is 0.882. The molecular weight excluding hydrogens is 280 g/mol. The van der Waals surface area contributed by atoms with E-state index in [2.05, 4.69) is 51.6 Å². The number of ether oxygens (including phenoxy) is 1. The molecule has 0 aliphatic rings. The van der Waals surface area contributed by atoms with Crippen LogP contribution in [0, 0.1) is 11.8 Å². The first-order chi connectivity index (χ1) is 10.3. The van der Waals surface area contributed by atoms with E-state index in [-0.39, 0.29) is 25.8 Å². The van der Waals surface area contributed by atoms with Gasteiger partial charge in [0.1, 0.15) is 19.6 Å². The van der Waals surface area contributed by atoms with Gasteiger partial charge in [0, 0.05) is 0 Å². The van der Waals surface area contributed by atoms with E-state index in [0.717, 1.165) is 11.8 Å². The molecule has 0 atom stereocenters. The number of carbonyl (C=O) groups is 2. The SMILES string of the molecule is CC.CC.CC(C)C.CC(C)C.NCC(=O)NCOCC=O. The molecule has 0 rings (SSSR count). The van der Waals surface area contributed by atoms with Gasteiger partial charge in [-0.3, -0.25) is 4.79 Å². The summed E-state index contributed by atoms with van der Waals surface area (Å²) in [6, 6.07) is 0. The topological polar surface area (TPSA) is 81.4 Å². The van der Waals surface area contributed by atoms with E-state index in [4.69, 9.17) is 5.73 Å². The number of amides is 1. The molecule has 5 heteroatoms. The highest BCUT2D eigenvalue weighted by Gasteiger charge is 1.93. The van der Waals surface area contributed by atoms with E-state index in [9.17, 15) is 9.59 Å². The highest BCUT2D eigenvalue weighted by atomic mass is 16.5. The number of nitrogens with two attached hydrogens (primary N) is 1. The molecule has 1 amide bonds. The third kappa shape index (κ3) is 125. The van der Waals surface area contributed by atoms with Crippen molar-refractivity contribution in [2.45, 2.75) is 69.2 Å². The van der Waals surface area contributed by atoms with Crippen LogP contribution in [0.1, 0.15) is 69.2 Å². The third-order valence-electron chi connectivity index (χ3n) is 0.743. The molecule has 5 nitrogen and oxygen atoms in total. The lowest BCUT2D eigenvalue weighted by Crippen LogP contribution is -2.32. The summed E-state index contributed by atoms with van der Waals surface area (Å²) in [5.74, 6) is 1.37. The Morgan fingerprint density at radius 2 is 1.32 bits per heavy atom. The monoisotopic (exact) mass is 322 g/mol. The molecule has 0 aromatic carbocycles. The van der Waals surface area contributed by atoms with Crippen molar-refractivity contribution in [2.24, 2.45) is 17.6 Å². The Bertz CT molecular complexity index is 173. The zero-order valence-electron chi connectivity index (χ0n) is 16.7. The summed E-state index contributed by atoms with van der Waals surface area (Å²) in [6.07, 6.45) is 0.606. The Balaban J connectivity index is -0.0000000671. The molecule has 0 unspecified atom stereocenters. The van der Waals surface area contributed by atoms with Crippen LogP contribution in [0.2, 0.25) is 0 Å². The molecule has 0 bridgehead atoms. The van der Waals surface area contributed by atoms with Crippen molar-refractivity contribution in [2.75, 3.05) is 19.9 Å². The number of rotatable bonds is 5. The summed E-state index contributed by atoms with van der Waals surface area (Å²) >= 11 is 0. The first-order valence-electron chi connectivity index (χ1n) is 8.25. The molecule has 0 saturated heterocycles. The van der Waals surface area contributed by atoms with Gasteiger partial charge < -0.3 is 20.6 Å². The van der Waals surface area contributed by atoms with Gasteiger partial charge in [-0.2, -0.15) is 0 Å². The van der Waals surface area contributed by atoms with E-state index in [1.54, 1.807) is 0 Å². The van der Waals surface area contributed by atoms with Crippen molar-refractivity contribution in [1.82, 2.24) is 5.32 Å². The highest BCUT2D eigenvalue weighted by molar-refractivity contribution is 5.77. The van der Waals surface area contributed by atoms with Crippen molar-refractivity contribution in [3.05, 3.63) is 0 Å². The Hall–Kier alpha value is -0.940. The molecule has 0 radical (unpaired) electrons. The van der Waals surface area contributed by atoms with E-state index < -0.39 is 0 Å². The van der Waals surface area contributed by atoms with Crippen LogP contribution >= 0.6 is 0 Å². The second-order valence-electron chi connectivity index (χ2n) is 4.95. The maximum Gasteiger partial charge on any atom is 0.235 e. The second-order valence-corrected chi connectivity index (χ2v) is 4.95. The van der Waals surface area contributed by atoms with Crippen LogP contribution in [0.25, 0.3) is 0 Å². The van der Waals surface area contributed by atoms with Crippen molar-refractivity contribution in [1.29, 1.82) is 0 Å². The standard InChI is InChI=1S/C5H10N2O3.2C4H10.2C2H6/c6-3-5(9)7-4-10-2-1-8;2*1-4(2)3;2*1-2/h1H,2-4,6H2,(H,7,9);2*4H,1-3H3;2*1-2H3. The summed E-state index contributed by atoms with van der Waals surface area (Å²) in [6.45, 7) is 21.0. The Morgan fingerprint density at radius 3 is 1.55 bits per heavy atom. The van der Waals surface area contributed by atoms with Crippen molar-refractivity contribution < 1.29 is 14.3 Å². The number of hydrogen-bond acceptors (Lipinski definition) is 4. The van der Waals surface area contributed by atoms with Crippen LogP contribution in [-0.2, 0) is 14.3 Å². The van der Waals surface area contributed by atoms with Gasteiger partial charge in [-0.05, 0) is 11.8 Å². The third-order valence-corrected chi connectivity index (χ3v) is 0.743. The van der Waals surface area contributed by atoms with E-state index in [1.165, 1.54) is 0 Å². The van der Waals surface area contributed by atoms with Gasteiger partial charge in [0.25, 0.3) is 0 Å². The molecule has 0 spiro atoms. The minimum Gasteiger partial charge on any atom is -0.354 e. The molecule has 22 heavy (non-hydrogen) atoms. The molecule has 3 N–H and O–H groups in total. The minimum absolute atomic E-state index is 0.00908. The van der Waals surface area contributed by atoms with E-state index in [0.29, 0.717) is 6.29 Å². The lowest BCUT2D eigenvalue weighted by atomic mass is 10.3. The van der Waals surface area contributed by atoms with Gasteiger partial charge in [-0.1, -0.05) is 69.2 Å². The molecule has 0 aromatic heterocycles. The molecule has 0 saturated carbocycles. The van der Waals surface area contributed by atoms with Gasteiger partial charge in [0.05, 0.1) is 6.54 Å². The number of carbonyl (C=O) groups excluding carboxylic acids is 2. The Kier molecular flexibility index (Phi) is 55.1. The summed E-state index contributed by atoms with van der Waals surface area (Å²) in [5, 5.41) is 2.32. The van der Waals surface area contributed by atoms with Crippen LogP contribution in [0.15, 0.2) is 0 Å². The van der Waals surface area contributed by atoms with Crippen LogP contribution in [0.5, 0.6) is 0 Å². The fourth-order valence-electron chi connectivity index (χ4n) is 0.311. The molecule has 0 fully saturated rings. The Morgan fingerprint density at radius 1 is 1.00 bits per heavy atom. The summed E-state index contributed by atoms with van der Waals surface area (Å²) in [5.41, 5.74) is 4.95. The highest BCUT2D eigenvalue weighted by Crippen LogP contribution is 1.81. The predicted molar refractivity (Wildman–Crippen MR) is 97.8 cm³/mol. The zero-order chi connectivity index (χ0) is 19.0. The van der Waals surface area contributed by atoms with Crippen molar-refractivity contribution in [3.8, 4) is 0 Å². The lowest BCUT2D eigenvalue weighted by molar-refractivity contribution is -0.122. The summed E-state index contributed by atoms with van der Waals surface area (Å²) < 4.78 is 4.60. The maximum atomic E-state index is 10.4. The number of nitrogens with one attached hydrogen (secondary N) is 1. The minimum atomic E-state index is -0.300. The quantitative estimate of drug-likeness (QED) is 0.460. The van der Waals surface area contributed by atoms with Crippen molar-refractivity contribution in [3.63, 3.8) is 0 Å². The summed E-state index contributed by atoms with van der Waals surface area (Å²) in [7, 11) is 0. The van der Waals surface area contributed by atoms with Gasteiger partial charge in [0.2, 0.25) is 5.91 Å². The first-order valence-corrected chi connectivity index (χ1v) is 8.25. The van der Waals surface area contributed by atoms with Crippen LogP contribution in [-0.4, -0.2) is 32.1 Å². The van der Waals surface area contributed by atoms with Gasteiger partial charge in [0.15, 0.2) is 0 Å². The predicted octanol–water partition coefficient (Wildman–Crippen LogP) is 3.61. The largest absolute Gasteiger partial charge is 0.354 e. The summed E-state index contributed by atoms with van der Waals surface area (Å²) in [4.78, 5) is 20.0. The van der Waals surface area contributed by atoms with Crippen molar-refractivity contribution >= 4 is 12.2 Å². The number of aldehydes is 1. The smallest absolute Gasteiger partial charge is 0.235 e. The molecule has 0 heterocycles. The maximum absolute atomic E-state index is 10.4. The average molecular weight is 323 g/mol. The number of hydrogen-bond donors (Lipinski definition) is 2. The normalized spacial score (nSPS) is 7.86. The molecule has 0 aliphatic carbocycles. The second kappa shape index (κ2) is 36.9. The van der Waals surface area contributed by atoms with Crippen LogP contribution in [0.3, 0.4) is 0 Å². The van der Waals surface area contributed by atoms with Crippen LogP contribution < -0.4 is 11.1 Å². The molecule has 138 valence electrons. The van der Waals surface area contributed by atoms with Crippen LogP contribution in [0.4, 0.5) is 0 Å². The van der Waals surface area contributed by atoms with E-state index >= 15 is 0 Å². The first kappa shape index (κ1) is 32.9. The van der Waals surface area contributed by atoms with Gasteiger partial charge >= 0.3 is 0 Å².